The predicted molar refractivity (Wildman–Crippen MR) is 109 cm³/mol. The first-order valence-electron chi connectivity index (χ1n) is 8.77. The molecule has 26 heavy (non-hydrogen) atoms. The Hall–Kier alpha value is -3.20. The highest BCUT2D eigenvalue weighted by Gasteiger charge is 2.06. The second-order valence-corrected chi connectivity index (χ2v) is 6.73. The molecule has 0 amide bonds. The molecule has 0 saturated heterocycles. The molecule has 4 rings (SSSR count). The van der Waals surface area contributed by atoms with Crippen LogP contribution in [0.5, 0.6) is 0 Å². The maximum absolute atomic E-state index is 4.67. The number of hydrogen-bond acceptors (Lipinski definition) is 3. The minimum Gasteiger partial charge on any atom is -0.324 e. The number of anilines is 2. The van der Waals surface area contributed by atoms with Gasteiger partial charge in [0.15, 0.2) is 0 Å². The molecule has 0 unspecified atom stereocenters. The summed E-state index contributed by atoms with van der Waals surface area (Å²) in [5.74, 6) is 0.619. The molecule has 3 heteroatoms. The van der Waals surface area contributed by atoms with E-state index in [2.05, 4.69) is 96.7 Å². The summed E-state index contributed by atoms with van der Waals surface area (Å²) >= 11 is 0. The number of nitrogens with one attached hydrogen (secondary N) is 1. The predicted octanol–water partition coefficient (Wildman–Crippen LogP) is 5.97. The maximum atomic E-state index is 4.67. The zero-order chi connectivity index (χ0) is 18.1. The highest BCUT2D eigenvalue weighted by Crippen LogP contribution is 2.27. The minimum atomic E-state index is 0.619. The molecule has 0 spiro atoms. The summed E-state index contributed by atoms with van der Waals surface area (Å²) in [7, 11) is 0. The van der Waals surface area contributed by atoms with Crippen LogP contribution in [0.2, 0.25) is 0 Å². The number of rotatable bonds is 3. The Bertz CT molecular complexity index is 1100. The van der Waals surface area contributed by atoms with Gasteiger partial charge in [0.25, 0.3) is 0 Å². The van der Waals surface area contributed by atoms with Gasteiger partial charge in [0.1, 0.15) is 0 Å². The van der Waals surface area contributed by atoms with Crippen molar-refractivity contribution in [3.63, 3.8) is 0 Å². The van der Waals surface area contributed by atoms with Crippen molar-refractivity contribution in [1.29, 1.82) is 0 Å². The van der Waals surface area contributed by atoms with Crippen molar-refractivity contribution in [1.82, 2.24) is 9.97 Å². The first-order valence-corrected chi connectivity index (χ1v) is 8.77. The van der Waals surface area contributed by atoms with Crippen molar-refractivity contribution in [3.8, 4) is 11.1 Å². The number of nitrogens with zero attached hydrogens (tertiary/aromatic N) is 2. The molecule has 0 saturated carbocycles. The minimum absolute atomic E-state index is 0.619. The fourth-order valence-electron chi connectivity index (χ4n) is 3.23. The zero-order valence-electron chi connectivity index (χ0n) is 15.2. The smallest absolute Gasteiger partial charge is 0.227 e. The van der Waals surface area contributed by atoms with E-state index in [1.807, 2.05) is 6.20 Å². The molecule has 1 heterocycles. The highest BCUT2D eigenvalue weighted by molar-refractivity contribution is 5.85. The molecule has 0 bridgehead atoms. The van der Waals surface area contributed by atoms with Crippen LogP contribution in [-0.4, -0.2) is 9.97 Å². The summed E-state index contributed by atoms with van der Waals surface area (Å²) in [6.07, 6.45) is 1.88. The molecule has 0 aliphatic carbocycles. The quantitative estimate of drug-likeness (QED) is 0.500. The third-order valence-electron chi connectivity index (χ3n) is 4.66. The molecule has 1 N–H and O–H groups in total. The molecule has 0 fully saturated rings. The molecule has 3 aromatic carbocycles. The fraction of sp³-hybridized carbons (Fsp3) is 0.130. The van der Waals surface area contributed by atoms with Gasteiger partial charge >= 0.3 is 0 Å². The third-order valence-corrected chi connectivity index (χ3v) is 4.66. The van der Waals surface area contributed by atoms with E-state index in [0.717, 1.165) is 16.6 Å². The molecule has 0 radical (unpaired) electrons. The van der Waals surface area contributed by atoms with Crippen molar-refractivity contribution in [2.75, 3.05) is 5.32 Å². The third kappa shape index (κ3) is 3.16. The van der Waals surface area contributed by atoms with Gasteiger partial charge in [-0.1, -0.05) is 48.0 Å². The molecule has 0 aliphatic heterocycles. The van der Waals surface area contributed by atoms with Crippen LogP contribution in [0.25, 0.3) is 22.0 Å². The fourth-order valence-corrected chi connectivity index (χ4v) is 3.23. The largest absolute Gasteiger partial charge is 0.324 e. The van der Waals surface area contributed by atoms with Crippen molar-refractivity contribution < 1.29 is 0 Å². The maximum Gasteiger partial charge on any atom is 0.227 e. The second kappa shape index (κ2) is 6.60. The van der Waals surface area contributed by atoms with Crippen molar-refractivity contribution >= 4 is 22.5 Å². The molecule has 0 aliphatic rings. The molecular formula is C23H21N3. The summed E-state index contributed by atoms with van der Waals surface area (Å²) in [4.78, 5) is 9.17. The average molecular weight is 339 g/mol. The summed E-state index contributed by atoms with van der Waals surface area (Å²) < 4.78 is 0. The number of fused-ring (bicyclic) bond motifs is 1. The summed E-state index contributed by atoms with van der Waals surface area (Å²) in [6, 6.07) is 21.1. The molecule has 1 aromatic heterocycles. The zero-order valence-corrected chi connectivity index (χ0v) is 15.2. The van der Waals surface area contributed by atoms with Crippen LogP contribution in [-0.2, 0) is 0 Å². The lowest BCUT2D eigenvalue weighted by Gasteiger charge is -2.10. The summed E-state index contributed by atoms with van der Waals surface area (Å²) in [5.41, 5.74) is 8.10. The summed E-state index contributed by atoms with van der Waals surface area (Å²) in [6.45, 7) is 6.31. The van der Waals surface area contributed by atoms with E-state index in [4.69, 9.17) is 0 Å². The number of aryl methyl sites for hydroxylation is 3. The van der Waals surface area contributed by atoms with Gasteiger partial charge in [0.2, 0.25) is 5.95 Å². The monoisotopic (exact) mass is 339 g/mol. The normalized spacial score (nSPS) is 10.9. The van der Waals surface area contributed by atoms with Crippen LogP contribution in [0.4, 0.5) is 11.6 Å². The average Bonchev–Trinajstić information content (AvgIpc) is 2.64. The Morgan fingerprint density at radius 2 is 1.65 bits per heavy atom. The van der Waals surface area contributed by atoms with E-state index >= 15 is 0 Å². The van der Waals surface area contributed by atoms with Crippen LogP contribution < -0.4 is 5.32 Å². The van der Waals surface area contributed by atoms with Gasteiger partial charge in [-0.15, -0.1) is 0 Å². The molecule has 4 aromatic rings. The number of hydrogen-bond donors (Lipinski definition) is 1. The topological polar surface area (TPSA) is 37.8 Å². The van der Waals surface area contributed by atoms with E-state index < -0.39 is 0 Å². The van der Waals surface area contributed by atoms with Gasteiger partial charge in [-0.3, -0.25) is 0 Å². The van der Waals surface area contributed by atoms with E-state index in [0.29, 0.717) is 5.95 Å². The lowest BCUT2D eigenvalue weighted by atomic mass is 9.99. The van der Waals surface area contributed by atoms with Crippen molar-refractivity contribution in [2.45, 2.75) is 20.8 Å². The van der Waals surface area contributed by atoms with Gasteiger partial charge in [-0.25, -0.2) is 9.97 Å². The molecular weight excluding hydrogens is 318 g/mol. The van der Waals surface area contributed by atoms with Gasteiger partial charge in [-0.05, 0) is 61.2 Å². The standard InChI is InChI=1S/C23H21N3/c1-15-8-10-21(17(3)12-15)25-23-24-14-19-13-18(9-11-22(19)26-23)20-7-5-4-6-16(20)2/h4-14H,1-3H3,(H,24,25,26). The van der Waals surface area contributed by atoms with Crippen LogP contribution in [0.3, 0.4) is 0 Å². The molecule has 128 valence electrons. The lowest BCUT2D eigenvalue weighted by molar-refractivity contribution is 1.20. The van der Waals surface area contributed by atoms with Crippen LogP contribution >= 0.6 is 0 Å². The first kappa shape index (κ1) is 16.3. The van der Waals surface area contributed by atoms with Crippen LogP contribution in [0, 0.1) is 20.8 Å². The first-order chi connectivity index (χ1) is 12.6. The molecule has 3 nitrogen and oxygen atoms in total. The Labute approximate surface area is 153 Å². The Morgan fingerprint density at radius 1 is 0.808 bits per heavy atom. The van der Waals surface area contributed by atoms with E-state index in [9.17, 15) is 0 Å². The van der Waals surface area contributed by atoms with Gasteiger partial charge in [0, 0.05) is 17.3 Å². The van der Waals surface area contributed by atoms with Crippen LogP contribution in [0.15, 0.2) is 66.9 Å². The van der Waals surface area contributed by atoms with Crippen molar-refractivity contribution in [2.24, 2.45) is 0 Å². The van der Waals surface area contributed by atoms with Gasteiger partial charge in [0.05, 0.1) is 5.52 Å². The second-order valence-electron chi connectivity index (χ2n) is 6.73. The summed E-state index contributed by atoms with van der Waals surface area (Å²) in [5, 5.41) is 4.36. The Morgan fingerprint density at radius 3 is 2.46 bits per heavy atom. The van der Waals surface area contributed by atoms with E-state index in [-0.39, 0.29) is 0 Å². The van der Waals surface area contributed by atoms with Gasteiger partial charge < -0.3 is 5.32 Å². The van der Waals surface area contributed by atoms with E-state index in [1.165, 1.54) is 27.8 Å². The Balaban J connectivity index is 1.68. The number of benzene rings is 3. The molecule has 0 atom stereocenters. The van der Waals surface area contributed by atoms with Crippen LogP contribution in [0.1, 0.15) is 16.7 Å². The lowest BCUT2D eigenvalue weighted by Crippen LogP contribution is -1.99. The van der Waals surface area contributed by atoms with Gasteiger partial charge in [-0.2, -0.15) is 0 Å². The SMILES string of the molecule is Cc1ccc(Nc2ncc3cc(-c4ccccc4C)ccc3n2)c(C)c1. The van der Waals surface area contributed by atoms with Crippen molar-refractivity contribution in [3.05, 3.63) is 83.6 Å². The Kier molecular flexibility index (Phi) is 4.13. The highest BCUT2D eigenvalue weighted by atomic mass is 15.1. The number of aromatic nitrogens is 2. The van der Waals surface area contributed by atoms with E-state index in [1.54, 1.807) is 0 Å².